The zero-order valence-electron chi connectivity index (χ0n) is 29.5. The van der Waals surface area contributed by atoms with Crippen LogP contribution in [0.3, 0.4) is 0 Å². The first-order valence-electron chi connectivity index (χ1n) is 18.4. The number of aromatic nitrogens is 2. The van der Waals surface area contributed by atoms with Crippen LogP contribution >= 0.6 is 0 Å². The molecule has 2 nitrogen and oxygen atoms in total. The molecule has 10 rings (SSSR count). The van der Waals surface area contributed by atoms with Crippen LogP contribution in [0, 0.1) is 0 Å². The Hall–Kier alpha value is -7.16. The van der Waals surface area contributed by atoms with E-state index in [0.717, 1.165) is 50.3 Å². The van der Waals surface area contributed by atoms with E-state index < -0.39 is 0 Å². The maximum Gasteiger partial charge on any atom is 0.160 e. The lowest BCUT2D eigenvalue weighted by Crippen LogP contribution is -1.97. The van der Waals surface area contributed by atoms with Crippen LogP contribution in [-0.4, -0.2) is 9.97 Å². The zero-order chi connectivity index (χ0) is 35.8. The molecule has 0 saturated carbocycles. The molecule has 0 bridgehead atoms. The minimum Gasteiger partial charge on any atom is -0.228 e. The monoisotopic (exact) mass is 686 g/mol. The highest BCUT2D eigenvalue weighted by Crippen LogP contribution is 2.39. The van der Waals surface area contributed by atoms with Crippen molar-refractivity contribution in [3.8, 4) is 67.3 Å². The molecule has 252 valence electrons. The van der Waals surface area contributed by atoms with Gasteiger partial charge in [0, 0.05) is 16.7 Å². The fourth-order valence-electron chi connectivity index (χ4n) is 7.78. The molecule has 0 spiro atoms. The maximum atomic E-state index is 5.20. The molecule has 1 aromatic heterocycles. The number of nitrogens with zero attached hydrogens (tertiary/aromatic N) is 2. The summed E-state index contributed by atoms with van der Waals surface area (Å²) in [7, 11) is 0. The second-order valence-electron chi connectivity index (χ2n) is 13.8. The second kappa shape index (κ2) is 13.4. The fourth-order valence-corrected chi connectivity index (χ4v) is 7.78. The minimum atomic E-state index is 0.694. The summed E-state index contributed by atoms with van der Waals surface area (Å²) in [5.41, 5.74) is 11.7. The summed E-state index contributed by atoms with van der Waals surface area (Å²) in [4.78, 5) is 10.4. The van der Waals surface area contributed by atoms with Crippen LogP contribution in [0.5, 0.6) is 0 Å². The number of fused-ring (bicyclic) bond motifs is 6. The van der Waals surface area contributed by atoms with Crippen LogP contribution in [0.2, 0.25) is 0 Å². The van der Waals surface area contributed by atoms with Crippen molar-refractivity contribution in [1.29, 1.82) is 0 Å². The summed E-state index contributed by atoms with van der Waals surface area (Å²) < 4.78 is 0. The molecule has 0 aliphatic heterocycles. The Kier molecular flexibility index (Phi) is 7.85. The van der Waals surface area contributed by atoms with Crippen molar-refractivity contribution in [2.75, 3.05) is 0 Å². The Labute approximate surface area is 314 Å². The lowest BCUT2D eigenvalue weighted by molar-refractivity contribution is 1.18. The van der Waals surface area contributed by atoms with Gasteiger partial charge in [-0.15, -0.1) is 0 Å². The minimum absolute atomic E-state index is 0.694. The normalized spacial score (nSPS) is 11.3. The molecule has 0 unspecified atom stereocenters. The van der Waals surface area contributed by atoms with Gasteiger partial charge in [0.2, 0.25) is 0 Å². The van der Waals surface area contributed by atoms with Gasteiger partial charge in [-0.05, 0) is 102 Å². The summed E-state index contributed by atoms with van der Waals surface area (Å²) in [6.07, 6.45) is 0. The summed E-state index contributed by atoms with van der Waals surface area (Å²) in [6.45, 7) is 0. The van der Waals surface area contributed by atoms with Crippen LogP contribution in [-0.2, 0) is 0 Å². The number of rotatable bonds is 6. The quantitative estimate of drug-likeness (QED) is 0.163. The third-order valence-electron chi connectivity index (χ3n) is 10.4. The summed E-state index contributed by atoms with van der Waals surface area (Å²) in [5.74, 6) is 0.694. The van der Waals surface area contributed by atoms with Gasteiger partial charge in [-0.25, -0.2) is 9.97 Å². The van der Waals surface area contributed by atoms with Gasteiger partial charge in [0.25, 0.3) is 0 Å². The Morgan fingerprint density at radius 3 is 1.13 bits per heavy atom. The maximum absolute atomic E-state index is 5.20. The van der Waals surface area contributed by atoms with E-state index in [0.29, 0.717) is 5.82 Å². The van der Waals surface area contributed by atoms with Gasteiger partial charge in [0.15, 0.2) is 5.82 Å². The van der Waals surface area contributed by atoms with Crippen LogP contribution in [0.15, 0.2) is 206 Å². The molecule has 1 heterocycles. The molecule has 0 aliphatic carbocycles. The standard InChI is InChI=1S/C52H34N2/c1-4-15-35(16-5-1)41-30-42(32-43(31-41)52-53-50(36-17-6-2-7-18-36)34-51(54-52)37-19-8-3-9-20-37)39-22-14-21-38(29-39)40-27-28-48-46-25-11-10-23-44(46)45-24-12-13-26-47(45)49(48)33-40/h1-34H. The first kappa shape index (κ1) is 31.6. The van der Waals surface area contributed by atoms with E-state index in [9.17, 15) is 0 Å². The van der Waals surface area contributed by atoms with Crippen LogP contribution < -0.4 is 0 Å². The predicted octanol–water partition coefficient (Wildman–Crippen LogP) is 13.9. The van der Waals surface area contributed by atoms with Gasteiger partial charge >= 0.3 is 0 Å². The molecule has 0 N–H and O–H groups in total. The number of hydrogen-bond acceptors (Lipinski definition) is 2. The molecule has 0 aliphatic rings. The van der Waals surface area contributed by atoms with E-state index in [1.165, 1.54) is 43.4 Å². The van der Waals surface area contributed by atoms with Crippen LogP contribution in [0.25, 0.3) is 99.6 Å². The molecule has 9 aromatic carbocycles. The Bertz CT molecular complexity index is 2880. The molecule has 0 amide bonds. The molecule has 2 heteroatoms. The fraction of sp³-hybridized carbons (Fsp3) is 0. The average molecular weight is 687 g/mol. The lowest BCUT2D eigenvalue weighted by Gasteiger charge is -2.14. The van der Waals surface area contributed by atoms with Crippen LogP contribution in [0.1, 0.15) is 0 Å². The molecular formula is C52H34N2. The SMILES string of the molecule is c1ccc(-c2cc(-c3cccc(-c4ccc5c6ccccc6c6ccccc6c5c4)c3)cc(-c3nc(-c4ccccc4)cc(-c4ccccc4)n3)c2)cc1. The molecular weight excluding hydrogens is 653 g/mol. The van der Waals surface area contributed by atoms with E-state index in [1.807, 2.05) is 12.1 Å². The Morgan fingerprint density at radius 2 is 0.574 bits per heavy atom. The molecule has 0 fully saturated rings. The molecule has 0 atom stereocenters. The smallest absolute Gasteiger partial charge is 0.160 e. The summed E-state index contributed by atoms with van der Waals surface area (Å²) in [6, 6.07) is 73.5. The van der Waals surface area contributed by atoms with Gasteiger partial charge in [-0.2, -0.15) is 0 Å². The van der Waals surface area contributed by atoms with Crippen LogP contribution in [0.4, 0.5) is 0 Å². The molecule has 0 radical (unpaired) electrons. The van der Waals surface area contributed by atoms with Crippen molar-refractivity contribution in [2.24, 2.45) is 0 Å². The van der Waals surface area contributed by atoms with Crippen molar-refractivity contribution in [3.05, 3.63) is 206 Å². The van der Waals surface area contributed by atoms with Gasteiger partial charge in [0.1, 0.15) is 0 Å². The highest BCUT2D eigenvalue weighted by atomic mass is 14.9. The first-order chi connectivity index (χ1) is 26.7. The van der Waals surface area contributed by atoms with E-state index in [4.69, 9.17) is 9.97 Å². The van der Waals surface area contributed by atoms with Gasteiger partial charge in [-0.1, -0.05) is 170 Å². The Balaban J connectivity index is 1.14. The Morgan fingerprint density at radius 1 is 0.204 bits per heavy atom. The third kappa shape index (κ3) is 5.81. The average Bonchev–Trinajstić information content (AvgIpc) is 3.27. The third-order valence-corrected chi connectivity index (χ3v) is 10.4. The van der Waals surface area contributed by atoms with Gasteiger partial charge in [0.05, 0.1) is 11.4 Å². The summed E-state index contributed by atoms with van der Waals surface area (Å²) in [5, 5.41) is 7.68. The molecule has 0 saturated heterocycles. The topological polar surface area (TPSA) is 25.8 Å². The van der Waals surface area contributed by atoms with E-state index in [2.05, 4.69) is 194 Å². The number of benzene rings is 9. The van der Waals surface area contributed by atoms with E-state index >= 15 is 0 Å². The number of hydrogen-bond donors (Lipinski definition) is 0. The van der Waals surface area contributed by atoms with E-state index in [1.54, 1.807) is 0 Å². The second-order valence-corrected chi connectivity index (χ2v) is 13.8. The predicted molar refractivity (Wildman–Crippen MR) is 227 cm³/mol. The van der Waals surface area contributed by atoms with Crippen molar-refractivity contribution >= 4 is 32.3 Å². The van der Waals surface area contributed by atoms with Crippen molar-refractivity contribution in [2.45, 2.75) is 0 Å². The lowest BCUT2D eigenvalue weighted by atomic mass is 9.91. The molecule has 10 aromatic rings. The first-order valence-corrected chi connectivity index (χ1v) is 18.4. The van der Waals surface area contributed by atoms with Crippen molar-refractivity contribution < 1.29 is 0 Å². The van der Waals surface area contributed by atoms with Crippen molar-refractivity contribution in [3.63, 3.8) is 0 Å². The molecule has 54 heavy (non-hydrogen) atoms. The highest BCUT2D eigenvalue weighted by Gasteiger charge is 2.15. The van der Waals surface area contributed by atoms with Gasteiger partial charge in [-0.3, -0.25) is 0 Å². The highest BCUT2D eigenvalue weighted by molar-refractivity contribution is 6.25. The van der Waals surface area contributed by atoms with Gasteiger partial charge < -0.3 is 0 Å². The zero-order valence-corrected chi connectivity index (χ0v) is 29.5. The summed E-state index contributed by atoms with van der Waals surface area (Å²) >= 11 is 0. The van der Waals surface area contributed by atoms with Crippen molar-refractivity contribution in [1.82, 2.24) is 9.97 Å². The largest absolute Gasteiger partial charge is 0.228 e. The van der Waals surface area contributed by atoms with E-state index in [-0.39, 0.29) is 0 Å².